The number of carbonyl (C=O) groups excluding carboxylic acids is 1. The van der Waals surface area contributed by atoms with Crippen LogP contribution in [0.4, 0.5) is 5.82 Å². The lowest BCUT2D eigenvalue weighted by atomic mass is 10.3. The molecular weight excluding hydrogens is 270 g/mol. The van der Waals surface area contributed by atoms with E-state index in [4.69, 9.17) is 4.74 Å². The van der Waals surface area contributed by atoms with Crippen molar-refractivity contribution in [1.29, 1.82) is 0 Å². The zero-order valence-electron chi connectivity index (χ0n) is 12.0. The summed E-state index contributed by atoms with van der Waals surface area (Å²) < 4.78 is 5.31. The third kappa shape index (κ3) is 4.37. The molecule has 1 aliphatic heterocycles. The van der Waals surface area contributed by atoms with E-state index in [1.54, 1.807) is 12.1 Å². The van der Waals surface area contributed by atoms with Crippen LogP contribution in [0.5, 0.6) is 0 Å². The normalized spacial score (nSPS) is 19.2. The molecule has 2 fully saturated rings. The molecular formula is C14H21N5O2. The summed E-state index contributed by atoms with van der Waals surface area (Å²) in [6.45, 7) is 5.34. The highest BCUT2D eigenvalue weighted by atomic mass is 16.5. The maximum Gasteiger partial charge on any atom is 0.272 e. The van der Waals surface area contributed by atoms with Gasteiger partial charge in [0, 0.05) is 32.2 Å². The van der Waals surface area contributed by atoms with Crippen LogP contribution in [-0.2, 0) is 4.74 Å². The molecule has 114 valence electrons. The minimum Gasteiger partial charge on any atom is -0.379 e. The first kappa shape index (κ1) is 14.2. The van der Waals surface area contributed by atoms with Crippen LogP contribution in [-0.4, -0.2) is 66.4 Å². The number of nitrogens with zero attached hydrogens (tertiary/aromatic N) is 3. The van der Waals surface area contributed by atoms with E-state index in [-0.39, 0.29) is 5.91 Å². The second-order valence-electron chi connectivity index (χ2n) is 5.43. The number of aromatic nitrogens is 2. The molecule has 0 bridgehead atoms. The number of nitrogens with one attached hydrogen (secondary N) is 2. The molecule has 0 radical (unpaired) electrons. The topological polar surface area (TPSA) is 79.4 Å². The van der Waals surface area contributed by atoms with E-state index in [2.05, 4.69) is 25.7 Å². The Morgan fingerprint density at radius 1 is 1.29 bits per heavy atom. The van der Waals surface area contributed by atoms with Crippen LogP contribution in [0.1, 0.15) is 23.3 Å². The van der Waals surface area contributed by atoms with Gasteiger partial charge in [0.2, 0.25) is 0 Å². The molecule has 0 unspecified atom stereocenters. The van der Waals surface area contributed by atoms with Crippen LogP contribution in [0, 0.1) is 0 Å². The first-order valence-electron chi connectivity index (χ1n) is 7.50. The summed E-state index contributed by atoms with van der Waals surface area (Å²) in [5.74, 6) is 0.566. The Balaban J connectivity index is 1.42. The fraction of sp³-hybridized carbons (Fsp3) is 0.643. The molecule has 2 aliphatic rings. The van der Waals surface area contributed by atoms with Crippen molar-refractivity contribution in [1.82, 2.24) is 20.4 Å². The summed E-state index contributed by atoms with van der Waals surface area (Å²) in [4.78, 5) is 14.1. The molecule has 1 aromatic rings. The third-order valence-corrected chi connectivity index (χ3v) is 3.65. The average Bonchev–Trinajstić information content (AvgIpc) is 3.33. The fourth-order valence-corrected chi connectivity index (χ4v) is 2.20. The van der Waals surface area contributed by atoms with Gasteiger partial charge in [-0.05, 0) is 25.0 Å². The summed E-state index contributed by atoms with van der Waals surface area (Å²) in [5.41, 5.74) is 0.376. The van der Waals surface area contributed by atoms with E-state index in [1.165, 1.54) is 0 Å². The number of morpholine rings is 1. The quantitative estimate of drug-likeness (QED) is 0.774. The monoisotopic (exact) mass is 291 g/mol. The van der Waals surface area contributed by atoms with Crippen molar-refractivity contribution >= 4 is 11.7 Å². The summed E-state index contributed by atoms with van der Waals surface area (Å²) in [5, 5.41) is 14.1. The highest BCUT2D eigenvalue weighted by Gasteiger charge is 2.24. The zero-order chi connectivity index (χ0) is 14.5. The largest absolute Gasteiger partial charge is 0.379 e. The van der Waals surface area contributed by atoms with Gasteiger partial charge in [0.1, 0.15) is 5.82 Å². The van der Waals surface area contributed by atoms with Gasteiger partial charge in [-0.15, -0.1) is 10.2 Å². The highest BCUT2D eigenvalue weighted by Crippen LogP contribution is 2.19. The number of carbonyl (C=O) groups is 1. The van der Waals surface area contributed by atoms with E-state index in [1.807, 2.05) is 0 Å². The van der Waals surface area contributed by atoms with Crippen molar-refractivity contribution in [3.8, 4) is 0 Å². The summed E-state index contributed by atoms with van der Waals surface area (Å²) in [6, 6.07) is 3.85. The molecule has 0 spiro atoms. The van der Waals surface area contributed by atoms with Crippen LogP contribution >= 0.6 is 0 Å². The lowest BCUT2D eigenvalue weighted by Crippen LogP contribution is -2.39. The van der Waals surface area contributed by atoms with Gasteiger partial charge in [0.25, 0.3) is 5.91 Å². The van der Waals surface area contributed by atoms with Crippen LogP contribution < -0.4 is 10.6 Å². The van der Waals surface area contributed by atoms with Gasteiger partial charge in [-0.1, -0.05) is 0 Å². The van der Waals surface area contributed by atoms with E-state index < -0.39 is 0 Å². The Morgan fingerprint density at radius 3 is 2.76 bits per heavy atom. The van der Waals surface area contributed by atoms with Gasteiger partial charge < -0.3 is 15.4 Å². The first-order valence-corrected chi connectivity index (χ1v) is 7.50. The number of hydrogen-bond acceptors (Lipinski definition) is 6. The summed E-state index contributed by atoms with van der Waals surface area (Å²) in [6.07, 6.45) is 2.14. The van der Waals surface area contributed by atoms with E-state index in [0.717, 1.165) is 52.2 Å². The number of anilines is 1. The van der Waals surface area contributed by atoms with E-state index >= 15 is 0 Å². The van der Waals surface area contributed by atoms with Crippen LogP contribution in [0.15, 0.2) is 12.1 Å². The van der Waals surface area contributed by atoms with Crippen molar-refractivity contribution in [2.75, 3.05) is 44.7 Å². The second-order valence-corrected chi connectivity index (χ2v) is 5.43. The summed E-state index contributed by atoms with van der Waals surface area (Å²) in [7, 11) is 0. The molecule has 1 amide bonds. The van der Waals surface area contributed by atoms with Gasteiger partial charge in [0.05, 0.1) is 13.2 Å². The molecule has 7 heteroatoms. The molecule has 0 aromatic carbocycles. The minimum atomic E-state index is -0.134. The second kappa shape index (κ2) is 6.82. The van der Waals surface area contributed by atoms with E-state index in [0.29, 0.717) is 17.6 Å². The maximum absolute atomic E-state index is 11.8. The molecule has 1 aromatic heterocycles. The molecule has 1 saturated heterocycles. The molecule has 2 heterocycles. The zero-order valence-corrected chi connectivity index (χ0v) is 12.0. The van der Waals surface area contributed by atoms with Gasteiger partial charge in [-0.2, -0.15) is 0 Å². The van der Waals surface area contributed by atoms with Crippen molar-refractivity contribution in [2.24, 2.45) is 0 Å². The molecule has 1 saturated carbocycles. The number of rotatable bonds is 6. The molecule has 21 heavy (non-hydrogen) atoms. The van der Waals surface area contributed by atoms with Crippen molar-refractivity contribution in [3.63, 3.8) is 0 Å². The third-order valence-electron chi connectivity index (χ3n) is 3.65. The SMILES string of the molecule is O=C(NC1CC1)c1ccc(NCCN2CCOCC2)nn1. The van der Waals surface area contributed by atoms with Gasteiger partial charge >= 0.3 is 0 Å². The average molecular weight is 291 g/mol. The summed E-state index contributed by atoms with van der Waals surface area (Å²) >= 11 is 0. The van der Waals surface area contributed by atoms with Crippen LogP contribution in [0.3, 0.4) is 0 Å². The maximum atomic E-state index is 11.8. The Hall–Kier alpha value is -1.73. The first-order chi connectivity index (χ1) is 10.3. The van der Waals surface area contributed by atoms with E-state index in [9.17, 15) is 4.79 Å². The highest BCUT2D eigenvalue weighted by molar-refractivity contribution is 5.92. The lowest BCUT2D eigenvalue weighted by molar-refractivity contribution is 0.0398. The fourth-order valence-electron chi connectivity index (χ4n) is 2.20. The molecule has 3 rings (SSSR count). The number of amides is 1. The van der Waals surface area contributed by atoms with Crippen molar-refractivity contribution < 1.29 is 9.53 Å². The van der Waals surface area contributed by atoms with Crippen LogP contribution in [0.2, 0.25) is 0 Å². The predicted octanol–water partition coefficient (Wildman–Crippen LogP) is 0.113. The number of hydrogen-bond donors (Lipinski definition) is 2. The Labute approximate surface area is 124 Å². The molecule has 7 nitrogen and oxygen atoms in total. The van der Waals surface area contributed by atoms with Gasteiger partial charge in [-0.25, -0.2) is 0 Å². The van der Waals surface area contributed by atoms with Crippen molar-refractivity contribution in [2.45, 2.75) is 18.9 Å². The molecule has 0 atom stereocenters. The smallest absolute Gasteiger partial charge is 0.272 e. The number of ether oxygens (including phenoxy) is 1. The van der Waals surface area contributed by atoms with Gasteiger partial charge in [0.15, 0.2) is 5.69 Å². The molecule has 1 aliphatic carbocycles. The Morgan fingerprint density at radius 2 is 2.10 bits per heavy atom. The Bertz CT molecular complexity index is 469. The Kier molecular flexibility index (Phi) is 4.62. The lowest BCUT2D eigenvalue weighted by Gasteiger charge is -2.26. The van der Waals surface area contributed by atoms with Crippen LogP contribution in [0.25, 0.3) is 0 Å². The minimum absolute atomic E-state index is 0.134. The predicted molar refractivity (Wildman–Crippen MR) is 78.3 cm³/mol. The molecule has 2 N–H and O–H groups in total. The van der Waals surface area contributed by atoms with Crippen molar-refractivity contribution in [3.05, 3.63) is 17.8 Å². The van der Waals surface area contributed by atoms with Gasteiger partial charge in [-0.3, -0.25) is 9.69 Å². The standard InChI is InChI=1S/C14H21N5O2/c20-14(16-11-1-2-11)12-3-4-13(18-17-12)15-5-6-19-7-9-21-10-8-19/h3-4,11H,1-2,5-10H2,(H,15,18)(H,16,20).